The van der Waals surface area contributed by atoms with Crippen LogP contribution in [0.4, 0.5) is 10.2 Å². The highest BCUT2D eigenvalue weighted by atomic mass is 19.1. The smallest absolute Gasteiger partial charge is 0.225 e. The number of nitrogens with zero attached hydrogens (tertiary/aromatic N) is 8. The van der Waals surface area contributed by atoms with E-state index in [4.69, 9.17) is 0 Å². The summed E-state index contributed by atoms with van der Waals surface area (Å²) in [6.45, 7) is 5.23. The van der Waals surface area contributed by atoms with E-state index >= 15 is 0 Å². The Hall–Kier alpha value is -3.14. The van der Waals surface area contributed by atoms with Crippen LogP contribution >= 0.6 is 0 Å². The Bertz CT molecular complexity index is 1080. The van der Waals surface area contributed by atoms with E-state index in [9.17, 15) is 9.18 Å². The van der Waals surface area contributed by atoms with Crippen molar-refractivity contribution in [3.63, 3.8) is 0 Å². The number of tetrazole rings is 1. The van der Waals surface area contributed by atoms with Gasteiger partial charge in [-0.1, -0.05) is 18.2 Å². The molecule has 0 unspecified atom stereocenters. The molecule has 168 valence electrons. The monoisotopic (exact) mass is 438 g/mol. The van der Waals surface area contributed by atoms with Crippen LogP contribution in [-0.4, -0.2) is 80.0 Å². The summed E-state index contributed by atoms with van der Waals surface area (Å²) in [6.07, 6.45) is 5.91. The van der Waals surface area contributed by atoms with Crippen LogP contribution in [0.1, 0.15) is 24.8 Å². The minimum Gasteiger partial charge on any atom is -0.355 e. The lowest BCUT2D eigenvalue weighted by molar-refractivity contribution is -0.136. The maximum atomic E-state index is 14.0. The zero-order valence-electron chi connectivity index (χ0n) is 18.0. The molecule has 2 aliphatic rings. The molecule has 0 atom stereocenters. The fourth-order valence-electron chi connectivity index (χ4n) is 4.71. The fraction of sp³-hybridized carbons (Fsp3) is 0.500. The summed E-state index contributed by atoms with van der Waals surface area (Å²) in [5, 5.41) is 11.7. The van der Waals surface area contributed by atoms with Gasteiger partial charge < -0.3 is 9.80 Å². The van der Waals surface area contributed by atoms with Crippen molar-refractivity contribution in [2.45, 2.75) is 25.8 Å². The second-order valence-electron chi connectivity index (χ2n) is 8.52. The van der Waals surface area contributed by atoms with Crippen LogP contribution < -0.4 is 4.90 Å². The predicted octanol–water partition coefficient (Wildman–Crippen LogP) is 1.61. The first-order chi connectivity index (χ1) is 15.7. The van der Waals surface area contributed by atoms with E-state index < -0.39 is 0 Å². The third kappa shape index (κ3) is 4.27. The lowest BCUT2D eigenvalue weighted by Gasteiger charge is -2.34. The van der Waals surface area contributed by atoms with Crippen LogP contribution in [0.25, 0.3) is 5.65 Å². The number of piperidine rings is 1. The molecule has 1 amide bonds. The number of amides is 1. The molecule has 10 heteroatoms. The number of aromatic nitrogens is 5. The zero-order valence-corrected chi connectivity index (χ0v) is 18.0. The first kappa shape index (κ1) is 20.7. The Labute approximate surface area is 185 Å². The van der Waals surface area contributed by atoms with E-state index in [1.807, 2.05) is 17.0 Å². The molecular formula is C22H27FN8O. The predicted molar refractivity (Wildman–Crippen MR) is 116 cm³/mol. The first-order valence-corrected chi connectivity index (χ1v) is 11.2. The van der Waals surface area contributed by atoms with Gasteiger partial charge in [0.2, 0.25) is 5.91 Å². The van der Waals surface area contributed by atoms with Crippen molar-refractivity contribution in [2.24, 2.45) is 5.92 Å². The topological polar surface area (TPSA) is 82.8 Å². The molecule has 0 N–H and O–H groups in total. The Balaban J connectivity index is 1.16. The Kier molecular flexibility index (Phi) is 5.93. The van der Waals surface area contributed by atoms with Gasteiger partial charge >= 0.3 is 0 Å². The van der Waals surface area contributed by atoms with Crippen molar-refractivity contribution < 1.29 is 9.18 Å². The lowest BCUT2D eigenvalue weighted by Crippen LogP contribution is -2.44. The van der Waals surface area contributed by atoms with E-state index in [1.165, 1.54) is 6.07 Å². The van der Waals surface area contributed by atoms with Crippen molar-refractivity contribution in [1.82, 2.24) is 34.8 Å². The molecule has 3 aromatic rings. The SMILES string of the molecule is O=C(C1CCN(c2cncc3nnnn23)CC1)N1CCCN(Cc2ccccc2F)CC1. The molecule has 32 heavy (non-hydrogen) atoms. The summed E-state index contributed by atoms with van der Waals surface area (Å²) in [6, 6.07) is 6.93. The average molecular weight is 439 g/mol. The van der Waals surface area contributed by atoms with E-state index in [1.54, 1.807) is 23.0 Å². The van der Waals surface area contributed by atoms with Gasteiger partial charge in [-0.05, 0) is 35.8 Å². The van der Waals surface area contributed by atoms with Crippen molar-refractivity contribution in [1.29, 1.82) is 0 Å². The van der Waals surface area contributed by atoms with E-state index in [2.05, 4.69) is 30.3 Å². The normalized spacial score (nSPS) is 18.8. The summed E-state index contributed by atoms with van der Waals surface area (Å²) >= 11 is 0. The van der Waals surface area contributed by atoms with Crippen molar-refractivity contribution >= 4 is 17.4 Å². The van der Waals surface area contributed by atoms with Gasteiger partial charge in [0.1, 0.15) is 5.82 Å². The molecule has 2 aliphatic heterocycles. The van der Waals surface area contributed by atoms with Gasteiger partial charge in [-0.2, -0.15) is 4.52 Å². The van der Waals surface area contributed by atoms with Gasteiger partial charge in [0, 0.05) is 57.3 Å². The Morgan fingerprint density at radius 2 is 1.88 bits per heavy atom. The van der Waals surface area contributed by atoms with Crippen molar-refractivity contribution in [3.05, 3.63) is 48.0 Å². The minimum absolute atomic E-state index is 0.0328. The summed E-state index contributed by atoms with van der Waals surface area (Å²) in [7, 11) is 0. The van der Waals surface area contributed by atoms with Crippen LogP contribution in [0.2, 0.25) is 0 Å². The molecule has 9 nitrogen and oxygen atoms in total. The number of hydrogen-bond acceptors (Lipinski definition) is 7. The molecule has 1 aromatic carbocycles. The third-order valence-electron chi connectivity index (χ3n) is 6.51. The maximum absolute atomic E-state index is 14.0. The number of halogens is 1. The summed E-state index contributed by atoms with van der Waals surface area (Å²) in [5.74, 6) is 0.975. The largest absolute Gasteiger partial charge is 0.355 e. The summed E-state index contributed by atoms with van der Waals surface area (Å²) in [4.78, 5) is 23.9. The highest BCUT2D eigenvalue weighted by Gasteiger charge is 2.30. The van der Waals surface area contributed by atoms with Gasteiger partial charge in [0.15, 0.2) is 11.5 Å². The van der Waals surface area contributed by atoms with Gasteiger partial charge in [-0.25, -0.2) is 4.39 Å². The molecule has 0 spiro atoms. The first-order valence-electron chi connectivity index (χ1n) is 11.2. The van der Waals surface area contributed by atoms with Crippen LogP contribution in [0.3, 0.4) is 0 Å². The highest BCUT2D eigenvalue weighted by molar-refractivity contribution is 5.79. The fourth-order valence-corrected chi connectivity index (χ4v) is 4.71. The second kappa shape index (κ2) is 9.15. The van der Waals surface area contributed by atoms with E-state index in [-0.39, 0.29) is 17.6 Å². The molecule has 0 bridgehead atoms. The number of rotatable bonds is 4. The molecule has 5 rings (SSSR count). The third-order valence-corrected chi connectivity index (χ3v) is 6.51. The standard InChI is InChI=1S/C22H27FN8O/c23-19-5-2-1-4-18(19)16-28-8-3-9-30(13-12-28)22(32)17-6-10-29(11-7-17)21-15-24-14-20-25-26-27-31(20)21/h1-2,4-5,14-15,17H,3,6-13,16H2. The van der Waals surface area contributed by atoms with E-state index in [0.717, 1.165) is 57.8 Å². The Morgan fingerprint density at radius 3 is 2.72 bits per heavy atom. The molecule has 0 radical (unpaired) electrons. The molecule has 2 fully saturated rings. The number of benzene rings is 1. The minimum atomic E-state index is -0.163. The van der Waals surface area contributed by atoms with Crippen LogP contribution in [0.5, 0.6) is 0 Å². The highest BCUT2D eigenvalue weighted by Crippen LogP contribution is 2.25. The van der Waals surface area contributed by atoms with Gasteiger partial charge in [-0.3, -0.25) is 14.7 Å². The van der Waals surface area contributed by atoms with E-state index in [0.29, 0.717) is 24.3 Å². The number of anilines is 1. The van der Waals surface area contributed by atoms with Crippen LogP contribution in [0, 0.1) is 11.7 Å². The maximum Gasteiger partial charge on any atom is 0.225 e. The lowest BCUT2D eigenvalue weighted by atomic mass is 9.95. The number of fused-ring (bicyclic) bond motifs is 1. The average Bonchev–Trinajstić information content (AvgIpc) is 3.19. The molecular weight excluding hydrogens is 411 g/mol. The molecule has 0 aliphatic carbocycles. The molecule has 2 aromatic heterocycles. The number of hydrogen-bond donors (Lipinski definition) is 0. The second-order valence-corrected chi connectivity index (χ2v) is 8.52. The summed E-state index contributed by atoms with van der Waals surface area (Å²) < 4.78 is 15.7. The van der Waals surface area contributed by atoms with Crippen molar-refractivity contribution in [3.8, 4) is 0 Å². The molecule has 4 heterocycles. The number of carbonyl (C=O) groups excluding carboxylic acids is 1. The Morgan fingerprint density at radius 1 is 1.03 bits per heavy atom. The van der Waals surface area contributed by atoms with Gasteiger partial charge in [0.05, 0.1) is 12.4 Å². The quantitative estimate of drug-likeness (QED) is 0.612. The zero-order chi connectivity index (χ0) is 21.9. The van der Waals surface area contributed by atoms with Crippen molar-refractivity contribution in [2.75, 3.05) is 44.2 Å². The van der Waals surface area contributed by atoms with Gasteiger partial charge in [0.25, 0.3) is 0 Å². The number of carbonyl (C=O) groups is 1. The summed E-state index contributed by atoms with van der Waals surface area (Å²) in [5.41, 5.74) is 1.33. The van der Waals surface area contributed by atoms with Crippen LogP contribution in [-0.2, 0) is 11.3 Å². The van der Waals surface area contributed by atoms with Gasteiger partial charge in [-0.15, -0.1) is 5.10 Å². The molecule has 0 saturated carbocycles. The van der Waals surface area contributed by atoms with Crippen LogP contribution in [0.15, 0.2) is 36.7 Å². The molecule has 2 saturated heterocycles.